The number of nitrogens with zero attached hydrogens (tertiary/aromatic N) is 3. The van der Waals surface area contributed by atoms with E-state index in [0.717, 1.165) is 35.6 Å². The van der Waals surface area contributed by atoms with Crippen molar-refractivity contribution in [2.24, 2.45) is 17.3 Å². The van der Waals surface area contributed by atoms with Crippen molar-refractivity contribution in [1.82, 2.24) is 18.8 Å². The Morgan fingerprint density at radius 2 is 1.82 bits per heavy atom. The summed E-state index contributed by atoms with van der Waals surface area (Å²) in [5.74, 6) is -2.49. The van der Waals surface area contributed by atoms with Crippen LogP contribution < -0.4 is 4.72 Å². The molecule has 13 heteroatoms. The number of halogens is 1. The molecule has 3 amide bonds. The number of Topliss-reactive ketones (excluding diaryl/α,β-unsaturated/α-hetero) is 1. The molecule has 2 aromatic carbocycles. The lowest BCUT2D eigenvalue weighted by Gasteiger charge is -2.29. The number of amides is 3. The molecule has 1 aliphatic carbocycles. The molecule has 0 bridgehead atoms. The number of carbonyl (C=O) groups is 4. The van der Waals surface area contributed by atoms with Crippen LogP contribution in [0.3, 0.4) is 0 Å². The maximum absolute atomic E-state index is 14.5. The van der Waals surface area contributed by atoms with Crippen LogP contribution in [0.15, 0.2) is 60.7 Å². The number of ketones is 1. The van der Waals surface area contributed by atoms with Gasteiger partial charge in [0.2, 0.25) is 11.8 Å². The van der Waals surface area contributed by atoms with E-state index in [4.69, 9.17) is 4.74 Å². The van der Waals surface area contributed by atoms with Gasteiger partial charge in [-0.25, -0.2) is 13.9 Å². The highest BCUT2D eigenvalue weighted by molar-refractivity contribution is 7.87. The first kappa shape index (κ1) is 35.7. The Morgan fingerprint density at radius 3 is 2.56 bits per heavy atom. The van der Waals surface area contributed by atoms with Crippen LogP contribution in [0.25, 0.3) is 0 Å². The predicted octanol–water partition coefficient (Wildman–Crippen LogP) is 4.51. The molecule has 5 atom stereocenters. The highest BCUT2D eigenvalue weighted by Gasteiger charge is 2.61. The van der Waals surface area contributed by atoms with Crippen molar-refractivity contribution in [2.75, 3.05) is 20.6 Å². The third kappa shape index (κ3) is 7.63. The average Bonchev–Trinajstić information content (AvgIpc) is 3.38. The largest absolute Gasteiger partial charge is 0.444 e. The number of ether oxygens (including phenoxy) is 1. The molecular weight excluding hydrogens is 663 g/mol. The number of rotatable bonds is 6. The van der Waals surface area contributed by atoms with Gasteiger partial charge in [-0.15, -0.1) is 0 Å². The molecule has 3 aliphatic heterocycles. The molecule has 268 valence electrons. The Morgan fingerprint density at radius 1 is 1.04 bits per heavy atom. The van der Waals surface area contributed by atoms with Gasteiger partial charge < -0.3 is 9.64 Å². The quantitative estimate of drug-likeness (QED) is 0.437. The summed E-state index contributed by atoms with van der Waals surface area (Å²) in [6.07, 6.45) is 6.97. The maximum atomic E-state index is 14.5. The van der Waals surface area contributed by atoms with Gasteiger partial charge in [0.1, 0.15) is 11.9 Å². The summed E-state index contributed by atoms with van der Waals surface area (Å²) >= 11 is 0. The van der Waals surface area contributed by atoms with Crippen molar-refractivity contribution in [1.29, 1.82) is 0 Å². The highest BCUT2D eigenvalue weighted by Crippen LogP contribution is 2.57. The Balaban J connectivity index is 1.27. The first-order valence-electron chi connectivity index (χ1n) is 17.4. The van der Waals surface area contributed by atoms with Crippen molar-refractivity contribution in [2.45, 2.75) is 83.0 Å². The van der Waals surface area contributed by atoms with Crippen LogP contribution in [-0.2, 0) is 48.8 Å². The molecule has 1 saturated heterocycles. The lowest BCUT2D eigenvalue weighted by molar-refractivity contribution is -0.142. The van der Waals surface area contributed by atoms with Crippen LogP contribution in [-0.4, -0.2) is 79.0 Å². The zero-order valence-corrected chi connectivity index (χ0v) is 29.4. The van der Waals surface area contributed by atoms with Crippen LogP contribution in [0.1, 0.15) is 68.1 Å². The lowest BCUT2D eigenvalue weighted by atomic mass is 9.90. The minimum atomic E-state index is -4.11. The molecule has 3 heterocycles. The van der Waals surface area contributed by atoms with Gasteiger partial charge >= 0.3 is 16.3 Å². The van der Waals surface area contributed by atoms with Crippen molar-refractivity contribution in [3.8, 4) is 0 Å². The number of fused-ring (bicyclic) bond motifs is 3. The minimum Gasteiger partial charge on any atom is -0.444 e. The molecule has 0 radical (unpaired) electrons. The van der Waals surface area contributed by atoms with E-state index in [9.17, 15) is 32.0 Å². The van der Waals surface area contributed by atoms with Gasteiger partial charge in [-0.1, -0.05) is 67.5 Å². The van der Waals surface area contributed by atoms with Crippen LogP contribution in [0.2, 0.25) is 0 Å². The topological polar surface area (TPSA) is 133 Å². The van der Waals surface area contributed by atoms with Gasteiger partial charge in [0.05, 0.1) is 24.5 Å². The van der Waals surface area contributed by atoms with E-state index in [2.05, 4.69) is 4.72 Å². The normalized spacial score (nSPS) is 27.8. The van der Waals surface area contributed by atoms with Crippen molar-refractivity contribution >= 4 is 33.9 Å². The molecule has 11 nitrogen and oxygen atoms in total. The first-order valence-corrected chi connectivity index (χ1v) is 18.8. The van der Waals surface area contributed by atoms with E-state index >= 15 is 0 Å². The average molecular weight is 709 g/mol. The number of carbonyl (C=O) groups excluding carboxylic acids is 4. The Bertz CT molecular complexity index is 1770. The van der Waals surface area contributed by atoms with E-state index in [1.165, 1.54) is 30.0 Å². The fourth-order valence-corrected chi connectivity index (χ4v) is 8.18. The molecule has 0 spiro atoms. The van der Waals surface area contributed by atoms with Crippen LogP contribution in [0.4, 0.5) is 9.18 Å². The van der Waals surface area contributed by atoms with Crippen LogP contribution >= 0.6 is 0 Å². The lowest BCUT2D eigenvalue weighted by Crippen LogP contribution is -2.47. The molecule has 0 aromatic heterocycles. The van der Waals surface area contributed by atoms with Gasteiger partial charge in [-0.3, -0.25) is 19.3 Å². The molecule has 0 unspecified atom stereocenters. The number of nitrogens with one attached hydrogen (secondary N) is 1. The van der Waals surface area contributed by atoms with E-state index in [1.807, 2.05) is 42.5 Å². The number of hydrogen-bond acceptors (Lipinski definition) is 7. The SMILES string of the molecule is CN(C)S(=O)(=O)NC(=O)[C@]12CC(=O)[C@@H]3C[C@@H](OC(=O)N4Cc5cccc(F)c5C4)CN3C(=O)[C@@H](Cc3ccccc3)CCCCC/C=C\[C@@H]1C2. The fraction of sp³-hybridized carbons (Fsp3) is 0.514. The Hall–Kier alpha value is -4.10. The number of benzene rings is 2. The molecule has 2 aromatic rings. The third-order valence-corrected chi connectivity index (χ3v) is 12.0. The van der Waals surface area contributed by atoms with E-state index in [-0.39, 0.29) is 50.1 Å². The summed E-state index contributed by atoms with van der Waals surface area (Å²) in [6.45, 7) is 0.240. The smallest absolute Gasteiger partial charge is 0.410 e. The number of allylic oxidation sites excluding steroid dienone is 2. The van der Waals surface area contributed by atoms with E-state index < -0.39 is 51.5 Å². The van der Waals surface area contributed by atoms with Crippen molar-refractivity contribution in [3.63, 3.8) is 0 Å². The zero-order valence-electron chi connectivity index (χ0n) is 28.6. The summed E-state index contributed by atoms with van der Waals surface area (Å²) in [5, 5.41) is 0. The molecule has 1 saturated carbocycles. The minimum absolute atomic E-state index is 0.00104. The molecule has 1 N–H and O–H groups in total. The second-order valence-electron chi connectivity index (χ2n) is 14.3. The molecule has 50 heavy (non-hydrogen) atoms. The molecule has 6 rings (SSSR count). The first-order chi connectivity index (χ1) is 23.9. The predicted molar refractivity (Wildman–Crippen MR) is 183 cm³/mol. The van der Waals surface area contributed by atoms with Crippen molar-refractivity contribution in [3.05, 3.63) is 83.2 Å². The van der Waals surface area contributed by atoms with Crippen molar-refractivity contribution < 1.29 is 36.7 Å². The summed E-state index contributed by atoms with van der Waals surface area (Å²) < 4.78 is 48.7. The summed E-state index contributed by atoms with van der Waals surface area (Å²) in [4.78, 5) is 58.7. The van der Waals surface area contributed by atoms with Crippen LogP contribution in [0.5, 0.6) is 0 Å². The maximum Gasteiger partial charge on any atom is 0.410 e. The second kappa shape index (κ2) is 14.6. The van der Waals surface area contributed by atoms with Gasteiger partial charge in [0, 0.05) is 45.0 Å². The molecule has 2 fully saturated rings. The van der Waals surface area contributed by atoms with Gasteiger partial charge in [0.25, 0.3) is 0 Å². The third-order valence-electron chi connectivity index (χ3n) is 10.6. The Labute approximate surface area is 293 Å². The highest BCUT2D eigenvalue weighted by atomic mass is 32.2. The summed E-state index contributed by atoms with van der Waals surface area (Å²) in [7, 11) is -1.49. The van der Waals surface area contributed by atoms with E-state index in [0.29, 0.717) is 30.4 Å². The Kier molecular flexibility index (Phi) is 10.5. The van der Waals surface area contributed by atoms with E-state index in [1.54, 1.807) is 12.1 Å². The molecule has 4 aliphatic rings. The zero-order chi connectivity index (χ0) is 35.6. The summed E-state index contributed by atoms with van der Waals surface area (Å²) in [5.41, 5.74) is 0.847. The summed E-state index contributed by atoms with van der Waals surface area (Å²) in [6, 6.07) is 13.4. The van der Waals surface area contributed by atoms with Gasteiger partial charge in [-0.2, -0.15) is 12.7 Å². The molecular formula is C37H45FN4O7S. The van der Waals surface area contributed by atoms with Crippen LogP contribution in [0, 0.1) is 23.1 Å². The standard InChI is InChI=1S/C37H45FN4O7S/c1-40(2)50(47,48)39-35(45)37-20-28(37)16-10-5-3-4-9-14-26(18-25-12-7-6-8-13-25)34(44)42-23-29(19-32(42)33(43)21-37)49-36(46)41-22-27-15-11-17-31(38)30(27)24-41/h6-8,10-13,15-17,26,28-29,32H,3-5,9,14,18-24H2,1-2H3,(H,39,45)/b16-10-/t26-,28-,29-,32+,37-/m1/s1. The van der Waals surface area contributed by atoms with Gasteiger partial charge in [0.15, 0.2) is 5.78 Å². The monoisotopic (exact) mass is 708 g/mol. The van der Waals surface area contributed by atoms with Gasteiger partial charge in [-0.05, 0) is 55.2 Å². The number of hydrogen-bond donors (Lipinski definition) is 1. The second-order valence-corrected chi connectivity index (χ2v) is 16.1. The fourth-order valence-electron chi connectivity index (χ4n) is 7.56.